The van der Waals surface area contributed by atoms with E-state index in [1.165, 1.54) is 11.3 Å². The minimum Gasteiger partial charge on any atom is -0.275 e. The molecule has 0 atom stereocenters. The lowest BCUT2D eigenvalue weighted by molar-refractivity contribution is 0.418. The molecule has 1 heterocycles. The van der Waals surface area contributed by atoms with Crippen molar-refractivity contribution in [1.82, 2.24) is 9.78 Å². The molecule has 0 amide bonds. The second-order valence-electron chi connectivity index (χ2n) is 6.40. The first-order valence-corrected chi connectivity index (χ1v) is 6.87. The summed E-state index contributed by atoms with van der Waals surface area (Å²) in [5, 5.41) is 5.61. The predicted molar refractivity (Wildman–Crippen MR) is 73.2 cm³/mol. The van der Waals surface area contributed by atoms with E-state index in [2.05, 4.69) is 61.8 Å². The number of nitrogens with zero attached hydrogens (tertiary/aromatic N) is 2. The van der Waals surface area contributed by atoms with E-state index in [1.807, 2.05) is 11.7 Å². The van der Waals surface area contributed by atoms with E-state index in [4.69, 9.17) is 0 Å². The third kappa shape index (κ3) is 3.34. The summed E-state index contributed by atoms with van der Waals surface area (Å²) in [5.41, 5.74) is 3.01. The fraction of sp³-hybridized carbons (Fsp3) is 0.769. The second-order valence-corrected chi connectivity index (χ2v) is 6.96. The average molecular weight is 287 g/mol. The average Bonchev–Trinajstić information content (AvgIpc) is 2.45. The van der Waals surface area contributed by atoms with Gasteiger partial charge in [0, 0.05) is 24.0 Å². The highest BCUT2D eigenvalue weighted by atomic mass is 79.9. The SMILES string of the molecule is Cn1cc(CC(C)(C)CBr)c(C(C)(C)C)n1. The van der Waals surface area contributed by atoms with E-state index >= 15 is 0 Å². The fourth-order valence-electron chi connectivity index (χ4n) is 1.86. The lowest BCUT2D eigenvalue weighted by Gasteiger charge is -2.24. The zero-order valence-electron chi connectivity index (χ0n) is 11.3. The largest absolute Gasteiger partial charge is 0.275 e. The van der Waals surface area contributed by atoms with E-state index in [0.717, 1.165) is 11.8 Å². The Morgan fingerprint density at radius 2 is 1.81 bits per heavy atom. The Balaban J connectivity index is 3.05. The van der Waals surface area contributed by atoms with Crippen molar-refractivity contribution in [2.75, 3.05) is 5.33 Å². The van der Waals surface area contributed by atoms with Crippen molar-refractivity contribution >= 4 is 15.9 Å². The van der Waals surface area contributed by atoms with Crippen LogP contribution in [0.25, 0.3) is 0 Å². The Morgan fingerprint density at radius 1 is 1.25 bits per heavy atom. The van der Waals surface area contributed by atoms with Crippen LogP contribution < -0.4 is 0 Å². The van der Waals surface area contributed by atoms with Gasteiger partial charge >= 0.3 is 0 Å². The number of hydrogen-bond acceptors (Lipinski definition) is 1. The summed E-state index contributed by atoms with van der Waals surface area (Å²) in [6.07, 6.45) is 3.23. The monoisotopic (exact) mass is 286 g/mol. The maximum atomic E-state index is 4.60. The molecule has 92 valence electrons. The van der Waals surface area contributed by atoms with Gasteiger partial charge in [0.05, 0.1) is 5.69 Å². The van der Waals surface area contributed by atoms with Gasteiger partial charge in [0.2, 0.25) is 0 Å². The molecule has 1 rings (SSSR count). The topological polar surface area (TPSA) is 17.8 Å². The van der Waals surface area contributed by atoms with Crippen molar-refractivity contribution in [1.29, 1.82) is 0 Å². The summed E-state index contributed by atoms with van der Waals surface area (Å²) in [6.45, 7) is 11.2. The highest BCUT2D eigenvalue weighted by Gasteiger charge is 2.26. The van der Waals surface area contributed by atoms with Gasteiger partial charge < -0.3 is 0 Å². The van der Waals surface area contributed by atoms with Crippen LogP contribution in [0.3, 0.4) is 0 Å². The van der Waals surface area contributed by atoms with Crippen LogP contribution in [-0.2, 0) is 18.9 Å². The third-order valence-electron chi connectivity index (χ3n) is 2.65. The lowest BCUT2D eigenvalue weighted by atomic mass is 9.83. The number of aryl methyl sites for hydroxylation is 1. The summed E-state index contributed by atoms with van der Waals surface area (Å²) in [5.74, 6) is 0. The Kier molecular flexibility index (Phi) is 3.88. The van der Waals surface area contributed by atoms with E-state index in [9.17, 15) is 0 Å². The third-order valence-corrected chi connectivity index (χ3v) is 4.16. The molecule has 1 aromatic heterocycles. The minimum absolute atomic E-state index is 0.124. The van der Waals surface area contributed by atoms with Crippen LogP contribution in [0.4, 0.5) is 0 Å². The molecule has 16 heavy (non-hydrogen) atoms. The van der Waals surface area contributed by atoms with Gasteiger partial charge in [0.25, 0.3) is 0 Å². The van der Waals surface area contributed by atoms with Crippen molar-refractivity contribution in [3.05, 3.63) is 17.5 Å². The van der Waals surface area contributed by atoms with Crippen LogP contribution in [0.2, 0.25) is 0 Å². The fourth-order valence-corrected chi connectivity index (χ4v) is 2.06. The van der Waals surface area contributed by atoms with Crippen LogP contribution in [0.15, 0.2) is 6.20 Å². The lowest BCUT2D eigenvalue weighted by Crippen LogP contribution is -2.20. The second kappa shape index (κ2) is 4.52. The minimum atomic E-state index is 0.124. The molecule has 0 unspecified atom stereocenters. The number of hydrogen-bond donors (Lipinski definition) is 0. The first-order valence-electron chi connectivity index (χ1n) is 5.75. The highest BCUT2D eigenvalue weighted by molar-refractivity contribution is 9.09. The molecule has 2 nitrogen and oxygen atoms in total. The number of rotatable bonds is 3. The molecule has 0 aromatic carbocycles. The quantitative estimate of drug-likeness (QED) is 0.775. The molecular formula is C13H23BrN2. The summed E-state index contributed by atoms with van der Waals surface area (Å²) in [7, 11) is 2.00. The molecule has 0 N–H and O–H groups in total. The van der Waals surface area contributed by atoms with Crippen LogP contribution in [-0.4, -0.2) is 15.1 Å². The molecule has 1 aromatic rings. The van der Waals surface area contributed by atoms with Gasteiger partial charge in [-0.2, -0.15) is 5.10 Å². The smallest absolute Gasteiger partial charge is 0.0709 e. The molecule has 3 heteroatoms. The van der Waals surface area contributed by atoms with Crippen molar-refractivity contribution in [3.63, 3.8) is 0 Å². The zero-order valence-corrected chi connectivity index (χ0v) is 12.8. The first-order chi connectivity index (χ1) is 7.15. The number of halogens is 1. The highest BCUT2D eigenvalue weighted by Crippen LogP contribution is 2.30. The Bertz CT molecular complexity index is 358. The van der Waals surface area contributed by atoms with Gasteiger partial charge in [0.1, 0.15) is 0 Å². The van der Waals surface area contributed by atoms with E-state index in [0.29, 0.717) is 0 Å². The molecule has 0 aliphatic carbocycles. The van der Waals surface area contributed by atoms with Gasteiger partial charge in [0.15, 0.2) is 0 Å². The Hall–Kier alpha value is -0.310. The van der Waals surface area contributed by atoms with Gasteiger partial charge in [-0.3, -0.25) is 4.68 Å². The van der Waals surface area contributed by atoms with Crippen LogP contribution in [0.1, 0.15) is 45.9 Å². The molecule has 0 aliphatic heterocycles. The van der Waals surface area contributed by atoms with Gasteiger partial charge in [-0.1, -0.05) is 50.5 Å². The molecule has 0 radical (unpaired) electrons. The first kappa shape index (κ1) is 13.8. The molecule has 0 saturated carbocycles. The van der Waals surface area contributed by atoms with E-state index < -0.39 is 0 Å². The summed E-state index contributed by atoms with van der Waals surface area (Å²) >= 11 is 3.58. The van der Waals surface area contributed by atoms with E-state index in [1.54, 1.807) is 0 Å². The van der Waals surface area contributed by atoms with Crippen molar-refractivity contribution in [2.24, 2.45) is 12.5 Å². The predicted octanol–water partition coefficient (Wildman–Crippen LogP) is 3.68. The molecule has 0 spiro atoms. The van der Waals surface area contributed by atoms with Gasteiger partial charge in [-0.25, -0.2) is 0 Å². The molecule has 0 fully saturated rings. The molecule has 0 bridgehead atoms. The molecule has 0 aliphatic rings. The summed E-state index contributed by atoms with van der Waals surface area (Å²) in [4.78, 5) is 0. The van der Waals surface area contributed by atoms with Crippen LogP contribution in [0, 0.1) is 5.41 Å². The summed E-state index contributed by atoms with van der Waals surface area (Å²) < 4.78 is 1.93. The Labute approximate surface area is 108 Å². The van der Waals surface area contributed by atoms with Crippen molar-refractivity contribution in [2.45, 2.75) is 46.5 Å². The maximum Gasteiger partial charge on any atom is 0.0709 e. The zero-order chi connectivity index (χ0) is 12.6. The number of aromatic nitrogens is 2. The van der Waals surface area contributed by atoms with Crippen LogP contribution >= 0.6 is 15.9 Å². The molecular weight excluding hydrogens is 264 g/mol. The van der Waals surface area contributed by atoms with Gasteiger partial charge in [-0.15, -0.1) is 0 Å². The van der Waals surface area contributed by atoms with Gasteiger partial charge in [-0.05, 0) is 17.4 Å². The van der Waals surface area contributed by atoms with Crippen LogP contribution in [0.5, 0.6) is 0 Å². The normalized spacial score (nSPS) is 13.2. The standard InChI is InChI=1S/C13H23BrN2/c1-12(2,3)11-10(8-16(6)15-11)7-13(4,5)9-14/h8H,7,9H2,1-6H3. The summed E-state index contributed by atoms with van der Waals surface area (Å²) in [6, 6.07) is 0. The van der Waals surface area contributed by atoms with E-state index in [-0.39, 0.29) is 10.8 Å². The van der Waals surface area contributed by atoms with Crippen molar-refractivity contribution < 1.29 is 0 Å². The molecule has 0 saturated heterocycles. The van der Waals surface area contributed by atoms with Crippen molar-refractivity contribution in [3.8, 4) is 0 Å². The number of alkyl halides is 1. The Morgan fingerprint density at radius 3 is 2.25 bits per heavy atom. The maximum absolute atomic E-state index is 4.60.